The molecule has 1 fully saturated rings. The number of carbonyl (C=O) groups excluding carboxylic acids is 1. The number of aromatic nitrogens is 1. The first-order valence-corrected chi connectivity index (χ1v) is 8.17. The summed E-state index contributed by atoms with van der Waals surface area (Å²) in [5.41, 5.74) is 7.26. The van der Waals surface area contributed by atoms with E-state index in [4.69, 9.17) is 5.73 Å². The third kappa shape index (κ3) is 2.84. The number of likely N-dealkylation sites (tertiary alicyclic amines) is 1. The monoisotopic (exact) mass is 317 g/mol. The van der Waals surface area contributed by atoms with E-state index in [2.05, 4.69) is 23.4 Å². The normalized spacial score (nSPS) is 21.8. The highest BCUT2D eigenvalue weighted by atomic mass is 32.1. The van der Waals surface area contributed by atoms with Crippen molar-refractivity contribution in [3.05, 3.63) is 45.8 Å². The van der Waals surface area contributed by atoms with E-state index in [1.54, 1.807) is 28.4 Å². The van der Waals surface area contributed by atoms with Crippen LogP contribution in [0.3, 0.4) is 0 Å². The van der Waals surface area contributed by atoms with Gasteiger partial charge >= 0.3 is 0 Å². The number of nitrogens with two attached hydrogens (primary N) is 1. The summed E-state index contributed by atoms with van der Waals surface area (Å²) in [6.07, 6.45) is 1.73. The van der Waals surface area contributed by atoms with Crippen molar-refractivity contribution < 1.29 is 9.90 Å². The second-order valence-electron chi connectivity index (χ2n) is 5.65. The van der Waals surface area contributed by atoms with Gasteiger partial charge in [0.05, 0.1) is 11.7 Å². The standard InChI is InChI=1S/C16H19N3O2S/c1-10-5-7-22-15(10)12-4-6-19(9-13(12)20)16(21)11-2-3-14(17)18-8-11/h2-3,5,7-8,12-13,20H,4,6,9H2,1H3,(H2,17,18)/t12-,13-/m1/s1. The van der Waals surface area contributed by atoms with Crippen molar-refractivity contribution in [1.29, 1.82) is 0 Å². The zero-order chi connectivity index (χ0) is 15.7. The van der Waals surface area contributed by atoms with Gasteiger partial charge in [-0.2, -0.15) is 0 Å². The number of thiophene rings is 1. The third-order valence-corrected chi connectivity index (χ3v) is 5.29. The summed E-state index contributed by atoms with van der Waals surface area (Å²) in [5.74, 6) is 0.407. The van der Waals surface area contributed by atoms with Gasteiger partial charge in [-0.3, -0.25) is 4.79 Å². The lowest BCUT2D eigenvalue weighted by Gasteiger charge is -2.36. The van der Waals surface area contributed by atoms with Gasteiger partial charge < -0.3 is 15.7 Å². The largest absolute Gasteiger partial charge is 0.391 e. The van der Waals surface area contributed by atoms with E-state index < -0.39 is 6.10 Å². The molecule has 2 aromatic rings. The minimum atomic E-state index is -0.531. The van der Waals surface area contributed by atoms with E-state index in [1.807, 2.05) is 0 Å². The van der Waals surface area contributed by atoms with Crippen LogP contribution in [-0.2, 0) is 0 Å². The SMILES string of the molecule is Cc1ccsc1[C@@H]1CCN(C(=O)c2ccc(N)nc2)C[C@H]1O. The second kappa shape index (κ2) is 6.06. The number of β-amino-alcohol motifs (C(OH)–C–C–N with tert-alkyl or cyclic N) is 1. The molecule has 1 amide bonds. The van der Waals surface area contributed by atoms with Crippen LogP contribution in [0.4, 0.5) is 5.82 Å². The molecule has 6 heteroatoms. The molecule has 3 heterocycles. The number of aliphatic hydroxyl groups is 1. The first-order valence-electron chi connectivity index (χ1n) is 7.29. The van der Waals surface area contributed by atoms with E-state index in [1.165, 1.54) is 16.6 Å². The van der Waals surface area contributed by atoms with Crippen LogP contribution in [-0.4, -0.2) is 40.1 Å². The molecule has 0 unspecified atom stereocenters. The van der Waals surface area contributed by atoms with E-state index in [-0.39, 0.29) is 11.8 Å². The minimum Gasteiger partial charge on any atom is -0.391 e. The van der Waals surface area contributed by atoms with Crippen LogP contribution >= 0.6 is 11.3 Å². The van der Waals surface area contributed by atoms with Crippen molar-refractivity contribution in [2.45, 2.75) is 25.4 Å². The molecule has 116 valence electrons. The third-order valence-electron chi connectivity index (χ3n) is 4.14. The van der Waals surface area contributed by atoms with Crippen molar-refractivity contribution in [2.75, 3.05) is 18.8 Å². The van der Waals surface area contributed by atoms with Gasteiger partial charge in [-0.25, -0.2) is 4.98 Å². The number of anilines is 1. The van der Waals surface area contributed by atoms with Crippen LogP contribution in [0, 0.1) is 6.92 Å². The molecule has 0 spiro atoms. The van der Waals surface area contributed by atoms with Gasteiger partial charge in [0, 0.05) is 30.1 Å². The summed E-state index contributed by atoms with van der Waals surface area (Å²) in [4.78, 5) is 19.3. The Morgan fingerprint density at radius 2 is 2.27 bits per heavy atom. The van der Waals surface area contributed by atoms with Gasteiger partial charge in [-0.15, -0.1) is 11.3 Å². The van der Waals surface area contributed by atoms with Gasteiger partial charge in [0.1, 0.15) is 5.82 Å². The molecular formula is C16H19N3O2S. The Labute approximate surface area is 133 Å². The van der Waals surface area contributed by atoms with Crippen LogP contribution in [0.2, 0.25) is 0 Å². The fourth-order valence-corrected chi connectivity index (χ4v) is 4.02. The zero-order valence-corrected chi connectivity index (χ0v) is 13.2. The lowest BCUT2D eigenvalue weighted by atomic mass is 9.90. The molecule has 0 aromatic carbocycles. The number of hydrogen-bond acceptors (Lipinski definition) is 5. The second-order valence-corrected chi connectivity index (χ2v) is 6.60. The minimum absolute atomic E-state index is 0.104. The number of carbonyl (C=O) groups is 1. The summed E-state index contributed by atoms with van der Waals surface area (Å²) in [6, 6.07) is 5.36. The van der Waals surface area contributed by atoms with Crippen LogP contribution in [0.1, 0.15) is 33.1 Å². The molecule has 0 radical (unpaired) electrons. The molecule has 3 N–H and O–H groups in total. The molecule has 2 aromatic heterocycles. The van der Waals surface area contributed by atoms with Crippen molar-refractivity contribution >= 4 is 23.1 Å². The number of nitrogens with zero attached hydrogens (tertiary/aromatic N) is 2. The first-order chi connectivity index (χ1) is 10.6. The van der Waals surface area contributed by atoms with Crippen LogP contribution < -0.4 is 5.73 Å². The van der Waals surface area contributed by atoms with Crippen LogP contribution in [0.15, 0.2) is 29.8 Å². The number of aryl methyl sites for hydroxylation is 1. The highest BCUT2D eigenvalue weighted by Gasteiger charge is 2.32. The van der Waals surface area contributed by atoms with Crippen molar-refractivity contribution in [2.24, 2.45) is 0 Å². The predicted molar refractivity (Wildman–Crippen MR) is 87.0 cm³/mol. The summed E-state index contributed by atoms with van der Waals surface area (Å²) in [6.45, 7) is 3.06. The number of aliphatic hydroxyl groups excluding tert-OH is 1. The average Bonchev–Trinajstić information content (AvgIpc) is 2.93. The topological polar surface area (TPSA) is 79.5 Å². The van der Waals surface area contributed by atoms with E-state index in [0.717, 1.165) is 6.42 Å². The molecule has 22 heavy (non-hydrogen) atoms. The van der Waals surface area contributed by atoms with E-state index >= 15 is 0 Å². The molecular weight excluding hydrogens is 298 g/mol. The fourth-order valence-electron chi connectivity index (χ4n) is 2.90. The highest BCUT2D eigenvalue weighted by Crippen LogP contribution is 2.34. The van der Waals surface area contributed by atoms with Gasteiger partial charge in [0.2, 0.25) is 0 Å². The first kappa shape index (κ1) is 15.0. The Morgan fingerprint density at radius 1 is 1.45 bits per heavy atom. The Balaban J connectivity index is 1.71. The Hall–Kier alpha value is -1.92. The molecule has 0 saturated carbocycles. The molecule has 2 atom stereocenters. The number of pyridine rings is 1. The number of amides is 1. The highest BCUT2D eigenvalue weighted by molar-refractivity contribution is 7.10. The fraction of sp³-hybridized carbons (Fsp3) is 0.375. The molecule has 0 aliphatic carbocycles. The van der Waals surface area contributed by atoms with Gasteiger partial charge in [0.25, 0.3) is 5.91 Å². The molecule has 3 rings (SSSR count). The average molecular weight is 317 g/mol. The molecule has 0 bridgehead atoms. The molecule has 1 saturated heterocycles. The van der Waals surface area contributed by atoms with Gasteiger partial charge in [0.15, 0.2) is 0 Å². The molecule has 5 nitrogen and oxygen atoms in total. The van der Waals surface area contributed by atoms with Crippen LogP contribution in [0.5, 0.6) is 0 Å². The quantitative estimate of drug-likeness (QED) is 0.888. The molecule has 1 aliphatic rings. The summed E-state index contributed by atoms with van der Waals surface area (Å²) >= 11 is 1.68. The smallest absolute Gasteiger partial charge is 0.255 e. The Kier molecular flexibility index (Phi) is 4.13. The number of rotatable bonds is 2. The maximum atomic E-state index is 12.5. The molecule has 1 aliphatic heterocycles. The Morgan fingerprint density at radius 3 is 2.86 bits per heavy atom. The summed E-state index contributed by atoms with van der Waals surface area (Å²) in [7, 11) is 0. The Bertz CT molecular complexity index is 668. The number of piperidine rings is 1. The lowest BCUT2D eigenvalue weighted by molar-refractivity contribution is 0.0386. The summed E-state index contributed by atoms with van der Waals surface area (Å²) in [5, 5.41) is 12.5. The maximum Gasteiger partial charge on any atom is 0.255 e. The van der Waals surface area contributed by atoms with Crippen molar-refractivity contribution in [3.63, 3.8) is 0 Å². The van der Waals surface area contributed by atoms with E-state index in [0.29, 0.717) is 24.5 Å². The van der Waals surface area contributed by atoms with Crippen molar-refractivity contribution in [3.8, 4) is 0 Å². The van der Waals surface area contributed by atoms with Gasteiger partial charge in [-0.1, -0.05) is 0 Å². The lowest BCUT2D eigenvalue weighted by Crippen LogP contribution is -2.45. The zero-order valence-electron chi connectivity index (χ0n) is 12.4. The number of nitrogen functional groups attached to an aromatic ring is 1. The summed E-state index contributed by atoms with van der Waals surface area (Å²) < 4.78 is 0. The predicted octanol–water partition coefficient (Wildman–Crippen LogP) is 2.02. The number of hydrogen-bond donors (Lipinski definition) is 2. The van der Waals surface area contributed by atoms with Crippen LogP contribution in [0.25, 0.3) is 0 Å². The van der Waals surface area contributed by atoms with Gasteiger partial charge in [-0.05, 0) is 42.5 Å². The van der Waals surface area contributed by atoms with E-state index in [9.17, 15) is 9.90 Å². The maximum absolute atomic E-state index is 12.5. The van der Waals surface area contributed by atoms with Crippen molar-refractivity contribution in [1.82, 2.24) is 9.88 Å².